The summed E-state index contributed by atoms with van der Waals surface area (Å²) in [6.45, 7) is 5.52. The van der Waals surface area contributed by atoms with Crippen LogP contribution in [-0.2, 0) is 10.0 Å². The van der Waals surface area contributed by atoms with E-state index in [0.717, 1.165) is 54.5 Å². The molecule has 0 amide bonds. The van der Waals surface area contributed by atoms with Gasteiger partial charge in [0.15, 0.2) is 0 Å². The average Bonchev–Trinajstić information content (AvgIpc) is 2.86. The van der Waals surface area contributed by atoms with E-state index in [1.54, 1.807) is 12.1 Å². The Morgan fingerprint density at radius 1 is 0.914 bits per heavy atom. The van der Waals surface area contributed by atoms with Crippen molar-refractivity contribution < 1.29 is 8.42 Å². The second kappa shape index (κ2) is 10.9. The standard InChI is InChI=1S/C27H37N5O2S/c1-19(2)22-13-15-23(16-14-22)35(33,34)29-18-21-11-9-20(10-12-21)17-28-27-30-25-8-6-5-7-24(25)26(31-27)32(3)4/h5-8,13-16,19-21,29H,9-12,17-18H2,1-4H3,(H,28,30,31)/t20-,21-. The number of fused-ring (bicyclic) bond motifs is 1. The van der Waals surface area contributed by atoms with E-state index in [2.05, 4.69) is 23.9 Å². The third-order valence-corrected chi connectivity index (χ3v) is 8.38. The van der Waals surface area contributed by atoms with E-state index in [-0.39, 0.29) is 0 Å². The van der Waals surface area contributed by atoms with Gasteiger partial charge in [-0.3, -0.25) is 0 Å². The van der Waals surface area contributed by atoms with Gasteiger partial charge in [-0.05, 0) is 73.3 Å². The summed E-state index contributed by atoms with van der Waals surface area (Å²) in [4.78, 5) is 11.8. The first kappa shape index (κ1) is 25.4. The first-order valence-corrected chi connectivity index (χ1v) is 14.0. The van der Waals surface area contributed by atoms with Crippen molar-refractivity contribution in [2.24, 2.45) is 11.8 Å². The lowest BCUT2D eigenvalue weighted by molar-refractivity contribution is 0.284. The van der Waals surface area contributed by atoms with E-state index in [9.17, 15) is 8.42 Å². The highest BCUT2D eigenvalue weighted by Crippen LogP contribution is 2.30. The second-order valence-electron chi connectivity index (χ2n) is 10.1. The molecule has 1 heterocycles. The summed E-state index contributed by atoms with van der Waals surface area (Å²) in [7, 11) is 0.516. The monoisotopic (exact) mass is 495 g/mol. The smallest absolute Gasteiger partial charge is 0.240 e. The third-order valence-electron chi connectivity index (χ3n) is 6.94. The van der Waals surface area contributed by atoms with Gasteiger partial charge in [0, 0.05) is 32.6 Å². The summed E-state index contributed by atoms with van der Waals surface area (Å²) in [5.74, 6) is 2.85. The number of nitrogens with one attached hydrogen (secondary N) is 2. The first-order valence-electron chi connectivity index (χ1n) is 12.5. The number of hydrogen-bond acceptors (Lipinski definition) is 6. The Balaban J connectivity index is 1.27. The fraction of sp³-hybridized carbons (Fsp3) is 0.481. The SMILES string of the molecule is CC(C)c1ccc(S(=O)(=O)NC[C@H]2CC[C@H](CNc3nc(N(C)C)c4ccccc4n3)CC2)cc1. The van der Waals surface area contributed by atoms with Crippen LogP contribution in [0.15, 0.2) is 53.4 Å². The molecule has 2 aromatic carbocycles. The van der Waals surface area contributed by atoms with Crippen molar-refractivity contribution in [3.05, 3.63) is 54.1 Å². The predicted molar refractivity (Wildman–Crippen MR) is 144 cm³/mol. The van der Waals surface area contributed by atoms with Gasteiger partial charge >= 0.3 is 0 Å². The van der Waals surface area contributed by atoms with E-state index >= 15 is 0 Å². The largest absolute Gasteiger partial charge is 0.362 e. The molecule has 0 spiro atoms. The minimum absolute atomic E-state index is 0.340. The Morgan fingerprint density at radius 3 is 2.17 bits per heavy atom. The number of benzene rings is 2. The van der Waals surface area contributed by atoms with Crippen molar-refractivity contribution in [3.63, 3.8) is 0 Å². The van der Waals surface area contributed by atoms with Gasteiger partial charge < -0.3 is 10.2 Å². The number of nitrogens with zero attached hydrogens (tertiary/aromatic N) is 3. The number of sulfonamides is 1. The molecule has 1 fully saturated rings. The van der Waals surface area contributed by atoms with Gasteiger partial charge in [0.25, 0.3) is 0 Å². The molecule has 1 aliphatic rings. The minimum Gasteiger partial charge on any atom is -0.362 e. The number of anilines is 2. The van der Waals surface area contributed by atoms with Crippen LogP contribution < -0.4 is 14.9 Å². The van der Waals surface area contributed by atoms with Gasteiger partial charge in [0.2, 0.25) is 16.0 Å². The molecule has 8 heteroatoms. The van der Waals surface area contributed by atoms with E-state index in [1.165, 1.54) is 0 Å². The quantitative estimate of drug-likeness (QED) is 0.434. The predicted octanol–water partition coefficient (Wildman–Crippen LogP) is 5.02. The van der Waals surface area contributed by atoms with Crippen molar-refractivity contribution in [2.45, 2.75) is 50.3 Å². The molecule has 0 atom stereocenters. The van der Waals surface area contributed by atoms with Gasteiger partial charge in [-0.2, -0.15) is 4.98 Å². The van der Waals surface area contributed by atoms with Crippen LogP contribution in [0.5, 0.6) is 0 Å². The van der Waals surface area contributed by atoms with E-state index < -0.39 is 10.0 Å². The lowest BCUT2D eigenvalue weighted by atomic mass is 9.82. The van der Waals surface area contributed by atoms with Crippen LogP contribution >= 0.6 is 0 Å². The van der Waals surface area contributed by atoms with E-state index in [1.807, 2.05) is 55.4 Å². The Hall–Kier alpha value is -2.71. The highest BCUT2D eigenvalue weighted by molar-refractivity contribution is 7.89. The Labute approximate surface area is 209 Å². The summed E-state index contributed by atoms with van der Waals surface area (Å²) in [5.41, 5.74) is 2.08. The van der Waals surface area contributed by atoms with E-state index in [0.29, 0.717) is 35.1 Å². The molecule has 0 unspecified atom stereocenters. The van der Waals surface area contributed by atoms with Crippen LogP contribution in [0.1, 0.15) is 51.0 Å². The highest BCUT2D eigenvalue weighted by atomic mass is 32.2. The van der Waals surface area contributed by atoms with Crippen LogP contribution in [-0.4, -0.2) is 45.6 Å². The molecule has 1 aromatic heterocycles. The van der Waals surface area contributed by atoms with Crippen molar-refractivity contribution >= 4 is 32.7 Å². The van der Waals surface area contributed by atoms with Crippen molar-refractivity contribution in [1.29, 1.82) is 0 Å². The molecular formula is C27H37N5O2S. The number of hydrogen-bond donors (Lipinski definition) is 2. The molecule has 0 radical (unpaired) electrons. The number of rotatable bonds is 9. The maximum Gasteiger partial charge on any atom is 0.240 e. The molecule has 188 valence electrons. The lowest BCUT2D eigenvalue weighted by Gasteiger charge is -2.28. The summed E-state index contributed by atoms with van der Waals surface area (Å²) in [5, 5.41) is 4.49. The van der Waals surface area contributed by atoms with Gasteiger partial charge in [-0.1, -0.05) is 38.1 Å². The maximum atomic E-state index is 12.7. The molecule has 2 N–H and O–H groups in total. The molecule has 1 aliphatic carbocycles. The van der Waals surface area contributed by atoms with Crippen LogP contribution in [0, 0.1) is 11.8 Å². The molecule has 0 saturated heterocycles. The zero-order valence-corrected chi connectivity index (χ0v) is 22.0. The molecule has 1 saturated carbocycles. The second-order valence-corrected chi connectivity index (χ2v) is 11.9. The zero-order chi connectivity index (χ0) is 25.0. The molecule has 3 aromatic rings. The maximum absolute atomic E-state index is 12.7. The van der Waals surface area contributed by atoms with Crippen LogP contribution in [0.4, 0.5) is 11.8 Å². The van der Waals surface area contributed by atoms with Crippen LogP contribution in [0.25, 0.3) is 10.9 Å². The lowest BCUT2D eigenvalue weighted by Crippen LogP contribution is -2.32. The van der Waals surface area contributed by atoms with Gasteiger partial charge in [0.1, 0.15) is 5.82 Å². The average molecular weight is 496 g/mol. The van der Waals surface area contributed by atoms with Crippen molar-refractivity contribution in [3.8, 4) is 0 Å². The summed E-state index contributed by atoms with van der Waals surface area (Å²) >= 11 is 0. The Bertz CT molecular complexity index is 1230. The summed E-state index contributed by atoms with van der Waals surface area (Å²) in [6.07, 6.45) is 4.17. The molecule has 35 heavy (non-hydrogen) atoms. The topological polar surface area (TPSA) is 87.2 Å². The van der Waals surface area contributed by atoms with Gasteiger partial charge in [-0.15, -0.1) is 0 Å². The summed E-state index contributed by atoms with van der Waals surface area (Å²) in [6, 6.07) is 15.3. The highest BCUT2D eigenvalue weighted by Gasteiger charge is 2.24. The minimum atomic E-state index is -3.47. The fourth-order valence-electron chi connectivity index (χ4n) is 4.70. The number of para-hydroxylation sites is 1. The normalized spacial score (nSPS) is 18.7. The Morgan fingerprint density at radius 2 is 1.54 bits per heavy atom. The van der Waals surface area contributed by atoms with Crippen LogP contribution in [0.3, 0.4) is 0 Å². The van der Waals surface area contributed by atoms with E-state index in [4.69, 9.17) is 9.97 Å². The molecule has 0 aliphatic heterocycles. The van der Waals surface area contributed by atoms with Gasteiger partial charge in [0.05, 0.1) is 10.4 Å². The fourth-order valence-corrected chi connectivity index (χ4v) is 5.81. The van der Waals surface area contributed by atoms with Crippen LogP contribution in [0.2, 0.25) is 0 Å². The Kier molecular flexibility index (Phi) is 7.91. The molecule has 4 rings (SSSR count). The third kappa shape index (κ3) is 6.30. The molecule has 0 bridgehead atoms. The molecular weight excluding hydrogens is 458 g/mol. The van der Waals surface area contributed by atoms with Crippen molar-refractivity contribution in [1.82, 2.24) is 14.7 Å². The zero-order valence-electron chi connectivity index (χ0n) is 21.2. The summed E-state index contributed by atoms with van der Waals surface area (Å²) < 4.78 is 28.3. The van der Waals surface area contributed by atoms with Crippen molar-refractivity contribution in [2.75, 3.05) is 37.4 Å². The first-order chi connectivity index (χ1) is 16.7. The number of aromatic nitrogens is 2. The molecule has 7 nitrogen and oxygen atoms in total. The van der Waals surface area contributed by atoms with Gasteiger partial charge in [-0.25, -0.2) is 18.1 Å².